The van der Waals surface area contributed by atoms with Crippen molar-refractivity contribution in [3.63, 3.8) is 0 Å². The van der Waals surface area contributed by atoms with Crippen LogP contribution in [-0.2, 0) is 17.4 Å². The molecule has 0 unspecified atom stereocenters. The third-order valence-electron chi connectivity index (χ3n) is 0.633. The second-order valence-electron chi connectivity index (χ2n) is 1.22. The predicted octanol–water partition coefficient (Wildman–Crippen LogP) is -2.47. The molecule has 0 aliphatic carbocycles. The Balaban J connectivity index is 0. The largest absolute Gasteiger partial charge is 1.00 e. The van der Waals surface area contributed by atoms with Crippen molar-refractivity contribution in [2.45, 2.75) is 13.3 Å². The molecule has 0 saturated heterocycles. The summed E-state index contributed by atoms with van der Waals surface area (Å²) in [6.07, 6.45) is 1.95. The first-order chi connectivity index (χ1) is 3.81. The standard InChI is InChI=1S/C5H9NOS.Na/c1-2-5(7)6-3-4-8;/h3-4,8H,2H2,1H3,(H,6,7);/q;+1/p-1/b4-3-;. The predicted molar refractivity (Wildman–Crippen MR) is 34.9 cm³/mol. The minimum Gasteiger partial charge on any atom is -0.786 e. The van der Waals surface area contributed by atoms with E-state index in [1.807, 2.05) is 0 Å². The molecule has 0 spiro atoms. The third kappa shape index (κ3) is 8.43. The van der Waals surface area contributed by atoms with Crippen molar-refractivity contribution in [3.8, 4) is 0 Å². The number of amides is 1. The molecule has 0 aliphatic heterocycles. The Kier molecular flexibility index (Phi) is 11.4. The maximum Gasteiger partial charge on any atom is 1.00 e. The van der Waals surface area contributed by atoms with Gasteiger partial charge in [-0.15, -0.1) is 0 Å². The van der Waals surface area contributed by atoms with Crippen LogP contribution in [0.25, 0.3) is 0 Å². The molecule has 2 nitrogen and oxygen atoms in total. The van der Waals surface area contributed by atoms with Crippen molar-refractivity contribution in [1.29, 1.82) is 0 Å². The summed E-state index contributed by atoms with van der Waals surface area (Å²) < 4.78 is 0. The first-order valence-corrected chi connectivity index (χ1v) is 2.84. The van der Waals surface area contributed by atoms with Crippen LogP contribution in [0.15, 0.2) is 11.6 Å². The molecule has 0 aromatic rings. The van der Waals surface area contributed by atoms with Crippen LogP contribution in [0.2, 0.25) is 0 Å². The summed E-state index contributed by atoms with van der Waals surface area (Å²) in [5.74, 6) is -0.00824. The molecule has 0 aromatic carbocycles. The molecule has 0 radical (unpaired) electrons. The molecule has 0 aromatic heterocycles. The fourth-order valence-corrected chi connectivity index (χ4v) is 0.297. The summed E-state index contributed by atoms with van der Waals surface area (Å²) in [4.78, 5) is 10.4. The number of carbonyl (C=O) groups is 1. The number of rotatable bonds is 2. The maximum atomic E-state index is 10.4. The summed E-state index contributed by atoms with van der Waals surface area (Å²) in [6.45, 7) is 1.78. The summed E-state index contributed by atoms with van der Waals surface area (Å²) >= 11 is 4.42. The summed E-state index contributed by atoms with van der Waals surface area (Å²) in [5.41, 5.74) is 0. The zero-order valence-corrected chi connectivity index (χ0v) is 8.49. The van der Waals surface area contributed by atoms with Gasteiger partial charge in [0.05, 0.1) is 0 Å². The molecule has 1 N–H and O–H groups in total. The molecule has 9 heavy (non-hydrogen) atoms. The van der Waals surface area contributed by atoms with Gasteiger partial charge in [0.2, 0.25) is 5.91 Å². The molecule has 0 rings (SSSR count). The number of hydrogen-bond donors (Lipinski definition) is 1. The quantitative estimate of drug-likeness (QED) is 0.352. The average Bonchev–Trinajstić information content (AvgIpc) is 1.83. The molecule has 0 saturated carbocycles. The van der Waals surface area contributed by atoms with Gasteiger partial charge in [-0.1, -0.05) is 6.92 Å². The van der Waals surface area contributed by atoms with Crippen LogP contribution in [0.5, 0.6) is 0 Å². The Labute approximate surface area is 82.8 Å². The van der Waals surface area contributed by atoms with Crippen LogP contribution in [-0.4, -0.2) is 5.91 Å². The van der Waals surface area contributed by atoms with Crippen molar-refractivity contribution in [3.05, 3.63) is 11.6 Å². The summed E-state index contributed by atoms with van der Waals surface area (Å²) in [5, 5.41) is 3.83. The van der Waals surface area contributed by atoms with E-state index >= 15 is 0 Å². The van der Waals surface area contributed by atoms with Gasteiger partial charge in [-0.05, 0) is 6.20 Å². The SMILES string of the molecule is CCC(=O)N/C=C\[S-].[Na+]. The average molecular weight is 153 g/mol. The summed E-state index contributed by atoms with van der Waals surface area (Å²) in [7, 11) is 0. The van der Waals surface area contributed by atoms with Gasteiger partial charge >= 0.3 is 29.6 Å². The van der Waals surface area contributed by atoms with E-state index < -0.39 is 0 Å². The fourth-order valence-electron chi connectivity index (χ4n) is 0.229. The second-order valence-corrected chi connectivity index (χ2v) is 1.50. The number of nitrogens with one attached hydrogen (secondary N) is 1. The Bertz CT molecular complexity index is 105. The van der Waals surface area contributed by atoms with Gasteiger partial charge < -0.3 is 17.9 Å². The van der Waals surface area contributed by atoms with E-state index in [2.05, 4.69) is 17.9 Å². The Morgan fingerprint density at radius 3 is 2.67 bits per heavy atom. The van der Waals surface area contributed by atoms with Crippen LogP contribution in [0.3, 0.4) is 0 Å². The van der Waals surface area contributed by atoms with E-state index in [0.717, 1.165) is 0 Å². The third-order valence-corrected chi connectivity index (χ3v) is 0.770. The van der Waals surface area contributed by atoms with E-state index in [-0.39, 0.29) is 35.5 Å². The molecule has 0 aliphatic rings. The molecule has 0 heterocycles. The van der Waals surface area contributed by atoms with Crippen molar-refractivity contribution >= 4 is 18.5 Å². The van der Waals surface area contributed by atoms with E-state index in [1.165, 1.54) is 11.6 Å². The van der Waals surface area contributed by atoms with Crippen molar-refractivity contribution in [2.24, 2.45) is 0 Å². The Hall–Kier alpha value is 0.430. The minimum absolute atomic E-state index is 0. The molecule has 0 fully saturated rings. The number of carbonyl (C=O) groups excluding carboxylic acids is 1. The van der Waals surface area contributed by atoms with E-state index in [4.69, 9.17) is 0 Å². The Morgan fingerprint density at radius 2 is 2.33 bits per heavy atom. The van der Waals surface area contributed by atoms with Gasteiger partial charge in [0, 0.05) is 6.42 Å². The first-order valence-electron chi connectivity index (χ1n) is 2.37. The van der Waals surface area contributed by atoms with Gasteiger partial charge in [-0.25, -0.2) is 0 Å². The van der Waals surface area contributed by atoms with Crippen LogP contribution in [0, 0.1) is 0 Å². The van der Waals surface area contributed by atoms with Crippen molar-refractivity contribution < 1.29 is 34.4 Å². The van der Waals surface area contributed by atoms with Crippen LogP contribution in [0.1, 0.15) is 13.3 Å². The topological polar surface area (TPSA) is 29.1 Å². The van der Waals surface area contributed by atoms with Gasteiger partial charge in [-0.3, -0.25) is 4.79 Å². The molecular weight excluding hydrogens is 145 g/mol. The molecular formula is C5H8NNaOS. The van der Waals surface area contributed by atoms with Crippen LogP contribution in [0.4, 0.5) is 0 Å². The maximum absolute atomic E-state index is 10.4. The number of hydrogen-bond acceptors (Lipinski definition) is 2. The van der Waals surface area contributed by atoms with Crippen molar-refractivity contribution in [1.82, 2.24) is 5.32 Å². The van der Waals surface area contributed by atoms with Gasteiger partial charge in [0.1, 0.15) is 0 Å². The van der Waals surface area contributed by atoms with E-state index in [1.54, 1.807) is 6.92 Å². The minimum atomic E-state index is -0.00824. The van der Waals surface area contributed by atoms with Crippen LogP contribution >= 0.6 is 0 Å². The normalized spacial score (nSPS) is 8.56. The van der Waals surface area contributed by atoms with Crippen molar-refractivity contribution in [2.75, 3.05) is 0 Å². The smallest absolute Gasteiger partial charge is 0.786 e. The summed E-state index contributed by atoms with van der Waals surface area (Å²) in [6, 6.07) is 0. The molecule has 1 amide bonds. The van der Waals surface area contributed by atoms with E-state index in [0.29, 0.717) is 6.42 Å². The monoisotopic (exact) mass is 153 g/mol. The zero-order valence-electron chi connectivity index (χ0n) is 5.68. The second kappa shape index (κ2) is 8.43. The van der Waals surface area contributed by atoms with E-state index in [9.17, 15) is 4.79 Å². The Morgan fingerprint density at radius 1 is 1.78 bits per heavy atom. The van der Waals surface area contributed by atoms with Gasteiger partial charge in [0.25, 0.3) is 0 Å². The zero-order chi connectivity index (χ0) is 6.41. The van der Waals surface area contributed by atoms with Crippen LogP contribution < -0.4 is 34.9 Å². The van der Waals surface area contributed by atoms with Gasteiger partial charge in [-0.2, -0.15) is 5.41 Å². The fraction of sp³-hybridized carbons (Fsp3) is 0.400. The van der Waals surface area contributed by atoms with Gasteiger partial charge in [0.15, 0.2) is 0 Å². The molecule has 46 valence electrons. The molecule has 4 heteroatoms. The molecule has 0 atom stereocenters. The molecule has 0 bridgehead atoms. The first kappa shape index (κ1) is 12.1.